The Morgan fingerprint density at radius 2 is 1.94 bits per heavy atom. The molecule has 0 aliphatic carbocycles. The number of aromatic nitrogens is 1. The van der Waals surface area contributed by atoms with E-state index in [1.807, 2.05) is 0 Å². The number of anilines is 2. The quantitative estimate of drug-likeness (QED) is 0.522. The molecule has 0 unspecified atom stereocenters. The highest BCUT2D eigenvalue weighted by Gasteiger charge is 2.24. The topological polar surface area (TPSA) is 105 Å². The normalized spacial score (nSPS) is 15.2. The maximum Gasteiger partial charge on any atom is 0.374 e. The minimum Gasteiger partial charge on any atom is -0.460 e. The van der Waals surface area contributed by atoms with E-state index in [-0.39, 0.29) is 22.8 Å². The van der Waals surface area contributed by atoms with E-state index in [0.29, 0.717) is 22.9 Å². The largest absolute Gasteiger partial charge is 0.460 e. The number of sulfonamides is 1. The van der Waals surface area contributed by atoms with Gasteiger partial charge in [0.05, 0.1) is 17.2 Å². The van der Waals surface area contributed by atoms with Gasteiger partial charge in [0.1, 0.15) is 5.58 Å². The first-order valence-electron chi connectivity index (χ1n) is 11.0. The van der Waals surface area contributed by atoms with Crippen LogP contribution in [0.4, 0.5) is 11.5 Å². The molecule has 1 N–H and O–H groups in total. The monoisotopic (exact) mass is 472 g/mol. The molecule has 1 aliphatic heterocycles. The van der Waals surface area contributed by atoms with Crippen molar-refractivity contribution in [1.29, 1.82) is 0 Å². The summed E-state index contributed by atoms with van der Waals surface area (Å²) < 4.78 is 39.5. The van der Waals surface area contributed by atoms with E-state index in [1.54, 1.807) is 31.3 Å². The zero-order valence-electron chi connectivity index (χ0n) is 18.9. The number of carbonyl (C=O) groups is 1. The predicted molar refractivity (Wildman–Crippen MR) is 126 cm³/mol. The zero-order chi connectivity index (χ0) is 23.6. The lowest BCUT2D eigenvalue weighted by atomic mass is 10.2. The third-order valence-corrected chi connectivity index (χ3v) is 7.02. The van der Waals surface area contributed by atoms with Crippen molar-refractivity contribution >= 4 is 38.5 Å². The minimum absolute atomic E-state index is 0.0270. The second-order valence-corrected chi connectivity index (χ2v) is 9.81. The summed E-state index contributed by atoms with van der Waals surface area (Å²) in [7, 11) is -3.91. The van der Waals surface area contributed by atoms with Crippen LogP contribution < -0.4 is 9.62 Å². The molecule has 0 atom stereocenters. The van der Waals surface area contributed by atoms with Crippen molar-refractivity contribution < 1.29 is 22.4 Å². The Morgan fingerprint density at radius 1 is 1.18 bits per heavy atom. The average Bonchev–Trinajstić information content (AvgIpc) is 3.23. The van der Waals surface area contributed by atoms with Crippen LogP contribution in [0.15, 0.2) is 51.9 Å². The average molecular weight is 473 g/mol. The first-order chi connectivity index (χ1) is 15.8. The van der Waals surface area contributed by atoms with E-state index in [4.69, 9.17) is 9.15 Å². The number of nitrogens with one attached hydrogen (secondary N) is 1. The molecule has 9 nitrogen and oxygen atoms in total. The SMILES string of the molecule is CCOC(=O)c1cc2ccc(S(=O)(=O)Nc3cccnc3N3CCN(C(C)C)CC3)cc2o1. The van der Waals surface area contributed by atoms with E-state index in [1.165, 1.54) is 18.2 Å². The molecule has 1 saturated heterocycles. The third kappa shape index (κ3) is 4.96. The summed E-state index contributed by atoms with van der Waals surface area (Å²) in [4.78, 5) is 20.9. The minimum atomic E-state index is -3.91. The van der Waals surface area contributed by atoms with E-state index < -0.39 is 16.0 Å². The van der Waals surface area contributed by atoms with Gasteiger partial charge < -0.3 is 14.1 Å². The number of ether oxygens (including phenoxy) is 1. The Kier molecular flexibility index (Phi) is 6.57. The van der Waals surface area contributed by atoms with Crippen LogP contribution in [0.25, 0.3) is 11.0 Å². The number of piperazine rings is 1. The van der Waals surface area contributed by atoms with Gasteiger partial charge in [-0.15, -0.1) is 0 Å². The highest BCUT2D eigenvalue weighted by molar-refractivity contribution is 7.92. The molecule has 0 bridgehead atoms. The molecule has 0 radical (unpaired) electrons. The highest BCUT2D eigenvalue weighted by Crippen LogP contribution is 2.29. The molecule has 10 heteroatoms. The van der Waals surface area contributed by atoms with Gasteiger partial charge in [-0.2, -0.15) is 0 Å². The molecule has 3 heterocycles. The second kappa shape index (κ2) is 9.40. The lowest BCUT2D eigenvalue weighted by molar-refractivity contribution is 0.0492. The number of nitrogens with zero attached hydrogens (tertiary/aromatic N) is 3. The lowest BCUT2D eigenvalue weighted by Crippen LogP contribution is -2.49. The van der Waals surface area contributed by atoms with E-state index in [9.17, 15) is 13.2 Å². The number of furan rings is 1. The van der Waals surface area contributed by atoms with Gasteiger partial charge in [-0.3, -0.25) is 9.62 Å². The Labute approximate surface area is 193 Å². The maximum absolute atomic E-state index is 13.2. The van der Waals surface area contributed by atoms with Crippen molar-refractivity contribution in [2.75, 3.05) is 42.4 Å². The van der Waals surface area contributed by atoms with Crippen molar-refractivity contribution in [2.24, 2.45) is 0 Å². The fourth-order valence-corrected chi connectivity index (χ4v) is 4.94. The van der Waals surface area contributed by atoms with Crippen LogP contribution >= 0.6 is 0 Å². The first kappa shape index (κ1) is 23.1. The molecule has 4 rings (SSSR count). The second-order valence-electron chi connectivity index (χ2n) is 8.13. The number of rotatable bonds is 7. The fourth-order valence-electron chi connectivity index (χ4n) is 3.86. The molecule has 1 fully saturated rings. The Balaban J connectivity index is 1.57. The first-order valence-corrected chi connectivity index (χ1v) is 12.4. The molecule has 0 saturated carbocycles. The Hall–Kier alpha value is -3.11. The van der Waals surface area contributed by atoms with Gasteiger partial charge >= 0.3 is 5.97 Å². The molecule has 3 aromatic rings. The van der Waals surface area contributed by atoms with Crippen molar-refractivity contribution in [3.8, 4) is 0 Å². The smallest absolute Gasteiger partial charge is 0.374 e. The molecule has 0 amide bonds. The van der Waals surface area contributed by atoms with Gasteiger partial charge in [0.25, 0.3) is 10.0 Å². The van der Waals surface area contributed by atoms with Crippen LogP contribution in [0.1, 0.15) is 31.3 Å². The van der Waals surface area contributed by atoms with E-state index in [2.05, 4.69) is 33.4 Å². The van der Waals surface area contributed by atoms with Crippen LogP contribution in [0.5, 0.6) is 0 Å². The standard InChI is InChI=1S/C23H28N4O5S/c1-4-31-23(28)21-14-17-7-8-18(15-20(17)32-21)33(29,30)25-19-6-5-9-24-22(19)27-12-10-26(11-13-27)16(2)3/h5-9,14-16,25H,4,10-13H2,1-3H3. The summed E-state index contributed by atoms with van der Waals surface area (Å²) in [5.74, 6) is 0.0476. The van der Waals surface area contributed by atoms with E-state index >= 15 is 0 Å². The van der Waals surface area contributed by atoms with Crippen LogP contribution in [-0.2, 0) is 14.8 Å². The number of hydrogen-bond acceptors (Lipinski definition) is 8. The van der Waals surface area contributed by atoms with E-state index in [0.717, 1.165) is 26.2 Å². The summed E-state index contributed by atoms with van der Waals surface area (Å²) >= 11 is 0. The van der Waals surface area contributed by atoms with Crippen molar-refractivity contribution in [3.05, 3.63) is 48.4 Å². The van der Waals surface area contributed by atoms with Crippen LogP contribution in [0.2, 0.25) is 0 Å². The Morgan fingerprint density at radius 3 is 2.64 bits per heavy atom. The zero-order valence-corrected chi connectivity index (χ0v) is 19.8. The van der Waals surface area contributed by atoms with Crippen LogP contribution in [0, 0.1) is 0 Å². The molecule has 2 aromatic heterocycles. The number of pyridine rings is 1. The molecular weight excluding hydrogens is 444 g/mol. The number of carbonyl (C=O) groups excluding carboxylic acids is 1. The van der Waals surface area contributed by atoms with Gasteiger partial charge in [-0.25, -0.2) is 18.2 Å². The molecule has 33 heavy (non-hydrogen) atoms. The third-order valence-electron chi connectivity index (χ3n) is 5.65. The van der Waals surface area contributed by atoms with Crippen molar-refractivity contribution in [2.45, 2.75) is 31.7 Å². The van der Waals surface area contributed by atoms with Crippen LogP contribution in [0.3, 0.4) is 0 Å². The maximum atomic E-state index is 13.2. The van der Waals surface area contributed by atoms with Gasteiger partial charge in [-0.1, -0.05) is 0 Å². The molecular formula is C23H28N4O5S. The van der Waals surface area contributed by atoms with Gasteiger partial charge in [0.15, 0.2) is 5.82 Å². The summed E-state index contributed by atoms with van der Waals surface area (Å²) in [6.07, 6.45) is 1.66. The Bertz CT molecular complexity index is 1250. The predicted octanol–water partition coefficient (Wildman–Crippen LogP) is 3.34. The van der Waals surface area contributed by atoms with Crippen LogP contribution in [-0.4, -0.2) is 63.1 Å². The van der Waals surface area contributed by atoms with Crippen molar-refractivity contribution in [3.63, 3.8) is 0 Å². The highest BCUT2D eigenvalue weighted by atomic mass is 32.2. The number of esters is 1. The van der Waals surface area contributed by atoms with Gasteiger partial charge in [-0.05, 0) is 51.1 Å². The van der Waals surface area contributed by atoms with Gasteiger partial charge in [0, 0.05) is 49.9 Å². The number of hydrogen-bond donors (Lipinski definition) is 1. The molecule has 0 spiro atoms. The van der Waals surface area contributed by atoms with Crippen molar-refractivity contribution in [1.82, 2.24) is 9.88 Å². The number of fused-ring (bicyclic) bond motifs is 1. The number of benzene rings is 1. The van der Waals surface area contributed by atoms with Gasteiger partial charge in [0.2, 0.25) is 5.76 Å². The molecule has 1 aromatic carbocycles. The fraction of sp³-hybridized carbons (Fsp3) is 0.391. The summed E-state index contributed by atoms with van der Waals surface area (Å²) in [5, 5.41) is 0.613. The summed E-state index contributed by atoms with van der Waals surface area (Å²) in [5.41, 5.74) is 0.708. The molecule has 1 aliphatic rings. The summed E-state index contributed by atoms with van der Waals surface area (Å²) in [6.45, 7) is 9.56. The lowest BCUT2D eigenvalue weighted by Gasteiger charge is -2.38. The summed E-state index contributed by atoms with van der Waals surface area (Å²) in [6, 6.07) is 9.89. The molecule has 176 valence electrons.